The third kappa shape index (κ3) is 3.10. The van der Waals surface area contributed by atoms with E-state index in [4.69, 9.17) is 14.7 Å². The molecule has 3 aromatic rings. The lowest BCUT2D eigenvalue weighted by Gasteiger charge is -2.15. The normalized spacial score (nSPS) is 21.2. The van der Waals surface area contributed by atoms with Gasteiger partial charge in [-0.15, -0.1) is 0 Å². The first-order chi connectivity index (χ1) is 11.7. The Morgan fingerprint density at radius 2 is 1.79 bits per heavy atom. The molecule has 0 aliphatic carbocycles. The van der Waals surface area contributed by atoms with E-state index in [0.29, 0.717) is 17.7 Å². The maximum atomic E-state index is 6.29. The second kappa shape index (κ2) is 6.64. The van der Waals surface area contributed by atoms with Crippen LogP contribution in [-0.4, -0.2) is 31.8 Å². The van der Waals surface area contributed by atoms with Crippen molar-refractivity contribution in [3.63, 3.8) is 0 Å². The number of aromatic nitrogens is 2. The van der Waals surface area contributed by atoms with E-state index in [1.807, 2.05) is 54.6 Å². The lowest BCUT2D eigenvalue weighted by Crippen LogP contribution is -2.20. The van der Waals surface area contributed by atoms with Gasteiger partial charge in [-0.05, 0) is 19.1 Å². The van der Waals surface area contributed by atoms with E-state index < -0.39 is 0 Å². The molecule has 1 aliphatic heterocycles. The SMILES string of the molecule is CC1CC(Oc2nc(-c3ccccc3)nc3ccccc23)CN1I. The zero-order chi connectivity index (χ0) is 16.5. The quantitative estimate of drug-likeness (QED) is 0.453. The fraction of sp³-hybridized carbons (Fsp3) is 0.263. The Kier molecular flexibility index (Phi) is 4.37. The van der Waals surface area contributed by atoms with E-state index in [1.54, 1.807) is 0 Å². The highest BCUT2D eigenvalue weighted by Crippen LogP contribution is 2.30. The van der Waals surface area contributed by atoms with Gasteiger partial charge in [0.25, 0.3) is 0 Å². The molecule has 24 heavy (non-hydrogen) atoms. The Morgan fingerprint density at radius 3 is 2.54 bits per heavy atom. The second-order valence-electron chi connectivity index (χ2n) is 6.14. The number of para-hydroxylation sites is 1. The molecule has 4 rings (SSSR count). The highest BCUT2D eigenvalue weighted by atomic mass is 127. The molecule has 1 aromatic heterocycles. The van der Waals surface area contributed by atoms with Crippen molar-refractivity contribution in [1.82, 2.24) is 13.1 Å². The summed E-state index contributed by atoms with van der Waals surface area (Å²) in [5, 5.41) is 0.969. The van der Waals surface area contributed by atoms with Crippen LogP contribution in [0.5, 0.6) is 5.88 Å². The molecule has 4 nitrogen and oxygen atoms in total. The summed E-state index contributed by atoms with van der Waals surface area (Å²) in [6, 6.07) is 18.6. The summed E-state index contributed by atoms with van der Waals surface area (Å²) in [6.45, 7) is 3.14. The van der Waals surface area contributed by atoms with Crippen molar-refractivity contribution < 1.29 is 4.74 Å². The van der Waals surface area contributed by atoms with E-state index in [2.05, 4.69) is 32.9 Å². The Morgan fingerprint density at radius 1 is 1.04 bits per heavy atom. The zero-order valence-electron chi connectivity index (χ0n) is 13.4. The molecule has 1 fully saturated rings. The molecular formula is C19H18IN3O. The summed E-state index contributed by atoms with van der Waals surface area (Å²) in [6.07, 6.45) is 1.18. The van der Waals surface area contributed by atoms with Crippen LogP contribution in [-0.2, 0) is 0 Å². The number of nitrogens with zero attached hydrogens (tertiary/aromatic N) is 3. The number of benzene rings is 2. The number of ether oxygens (including phenoxy) is 1. The van der Waals surface area contributed by atoms with Crippen molar-refractivity contribution in [2.45, 2.75) is 25.5 Å². The first kappa shape index (κ1) is 15.8. The third-order valence-electron chi connectivity index (χ3n) is 4.34. The predicted molar refractivity (Wildman–Crippen MR) is 104 cm³/mol. The maximum Gasteiger partial charge on any atom is 0.225 e. The van der Waals surface area contributed by atoms with Crippen LogP contribution in [0.15, 0.2) is 54.6 Å². The van der Waals surface area contributed by atoms with Gasteiger partial charge >= 0.3 is 0 Å². The van der Waals surface area contributed by atoms with E-state index in [9.17, 15) is 0 Å². The number of hydrogen-bond acceptors (Lipinski definition) is 4. The second-order valence-corrected chi connectivity index (χ2v) is 7.38. The van der Waals surface area contributed by atoms with Crippen LogP contribution in [0.4, 0.5) is 0 Å². The van der Waals surface area contributed by atoms with E-state index in [-0.39, 0.29) is 6.10 Å². The van der Waals surface area contributed by atoms with Crippen molar-refractivity contribution in [2.75, 3.05) is 6.54 Å². The van der Waals surface area contributed by atoms with Gasteiger partial charge in [0.05, 0.1) is 10.9 Å². The van der Waals surface area contributed by atoms with Crippen LogP contribution in [0.25, 0.3) is 22.3 Å². The van der Waals surface area contributed by atoms with Crippen molar-refractivity contribution in [3.05, 3.63) is 54.6 Å². The van der Waals surface area contributed by atoms with Gasteiger partial charge in [-0.3, -0.25) is 0 Å². The fourth-order valence-corrected chi connectivity index (χ4v) is 3.71. The minimum Gasteiger partial charge on any atom is -0.472 e. The summed E-state index contributed by atoms with van der Waals surface area (Å²) < 4.78 is 8.59. The molecule has 1 aliphatic rings. The largest absolute Gasteiger partial charge is 0.472 e. The molecule has 0 N–H and O–H groups in total. The van der Waals surface area contributed by atoms with Crippen molar-refractivity contribution >= 4 is 33.8 Å². The summed E-state index contributed by atoms with van der Waals surface area (Å²) in [5.74, 6) is 1.39. The third-order valence-corrected chi connectivity index (χ3v) is 5.68. The summed E-state index contributed by atoms with van der Waals surface area (Å²) in [5.41, 5.74) is 1.92. The van der Waals surface area contributed by atoms with Gasteiger partial charge in [0.2, 0.25) is 5.88 Å². The molecule has 1 saturated heterocycles. The molecule has 0 radical (unpaired) electrons. The fourth-order valence-electron chi connectivity index (χ4n) is 3.04. The summed E-state index contributed by atoms with van der Waals surface area (Å²) in [4.78, 5) is 9.44. The summed E-state index contributed by atoms with van der Waals surface area (Å²) >= 11 is 2.37. The standard InChI is InChI=1S/C19H18IN3O/c1-13-11-15(12-23(13)20)24-19-16-9-5-6-10-17(16)21-18(22-19)14-7-3-2-4-8-14/h2-10,13,15H,11-12H2,1H3. The van der Waals surface area contributed by atoms with Crippen molar-refractivity contribution in [1.29, 1.82) is 0 Å². The topological polar surface area (TPSA) is 38.3 Å². The molecule has 2 aromatic carbocycles. The molecule has 2 unspecified atom stereocenters. The molecule has 122 valence electrons. The van der Waals surface area contributed by atoms with Crippen LogP contribution in [0, 0.1) is 0 Å². The summed E-state index contributed by atoms with van der Waals surface area (Å²) in [7, 11) is 0. The van der Waals surface area contributed by atoms with Gasteiger partial charge in [0.15, 0.2) is 5.82 Å². The van der Waals surface area contributed by atoms with E-state index in [1.165, 1.54) is 0 Å². The Labute approximate surface area is 155 Å². The van der Waals surface area contributed by atoms with Crippen LogP contribution in [0.1, 0.15) is 13.3 Å². The van der Waals surface area contributed by atoms with Crippen molar-refractivity contribution in [3.8, 4) is 17.3 Å². The monoisotopic (exact) mass is 431 g/mol. The van der Waals surface area contributed by atoms with Gasteiger partial charge < -0.3 is 4.74 Å². The lowest BCUT2D eigenvalue weighted by molar-refractivity contribution is 0.212. The highest BCUT2D eigenvalue weighted by molar-refractivity contribution is 14.1. The number of fused-ring (bicyclic) bond motifs is 1. The zero-order valence-corrected chi connectivity index (χ0v) is 15.6. The number of halogens is 1. The molecule has 0 spiro atoms. The molecule has 2 heterocycles. The molecule has 2 atom stereocenters. The van der Waals surface area contributed by atoms with E-state index >= 15 is 0 Å². The highest BCUT2D eigenvalue weighted by Gasteiger charge is 2.29. The predicted octanol–water partition coefficient (Wildman–Crippen LogP) is 4.49. The van der Waals surface area contributed by atoms with Gasteiger partial charge in [-0.25, -0.2) is 8.10 Å². The van der Waals surface area contributed by atoms with Gasteiger partial charge in [-0.1, -0.05) is 42.5 Å². The number of hydrogen-bond donors (Lipinski definition) is 0. The van der Waals surface area contributed by atoms with Crippen molar-refractivity contribution in [2.24, 2.45) is 0 Å². The molecule has 0 bridgehead atoms. The maximum absolute atomic E-state index is 6.29. The Hall–Kier alpha value is -1.73. The molecular weight excluding hydrogens is 413 g/mol. The van der Waals surface area contributed by atoms with Crippen LogP contribution >= 0.6 is 22.9 Å². The van der Waals surface area contributed by atoms with Crippen LogP contribution < -0.4 is 4.74 Å². The minimum atomic E-state index is 0.166. The minimum absolute atomic E-state index is 0.166. The Bertz CT molecular complexity index is 846. The van der Waals surface area contributed by atoms with Gasteiger partial charge in [-0.2, -0.15) is 4.98 Å². The first-order valence-corrected chi connectivity index (χ1v) is 9.08. The average Bonchev–Trinajstić information content (AvgIpc) is 2.93. The molecule has 0 saturated carbocycles. The lowest BCUT2D eigenvalue weighted by atomic mass is 10.2. The van der Waals surface area contributed by atoms with Crippen LogP contribution in [0.3, 0.4) is 0 Å². The average molecular weight is 431 g/mol. The molecule has 0 amide bonds. The first-order valence-electron chi connectivity index (χ1n) is 8.12. The van der Waals surface area contributed by atoms with E-state index in [0.717, 1.165) is 29.4 Å². The smallest absolute Gasteiger partial charge is 0.225 e. The van der Waals surface area contributed by atoms with Crippen LogP contribution in [0.2, 0.25) is 0 Å². The Balaban J connectivity index is 1.76. The van der Waals surface area contributed by atoms with Gasteiger partial charge in [0.1, 0.15) is 6.10 Å². The molecule has 5 heteroatoms. The van der Waals surface area contributed by atoms with Gasteiger partial charge in [0, 0.05) is 47.4 Å². The number of rotatable bonds is 3.